The number of carbonyl (C=O) groups is 3. The van der Waals surface area contributed by atoms with Crippen molar-refractivity contribution in [3.8, 4) is 0 Å². The van der Waals surface area contributed by atoms with Gasteiger partial charge in [-0.2, -0.15) is 0 Å². The predicted octanol–water partition coefficient (Wildman–Crippen LogP) is 2.46. The number of thioether (sulfide) groups is 1. The van der Waals surface area contributed by atoms with Crippen LogP contribution in [0.4, 0.5) is 0 Å². The maximum absolute atomic E-state index is 12.7. The van der Waals surface area contributed by atoms with E-state index in [1.54, 1.807) is 31.2 Å². The van der Waals surface area contributed by atoms with E-state index in [0.717, 1.165) is 21.7 Å². The number of fused-ring (bicyclic) bond motifs is 1. The largest absolute Gasteiger partial charge is 0.479 e. The molecule has 1 aliphatic heterocycles. The van der Waals surface area contributed by atoms with E-state index in [2.05, 4.69) is 0 Å². The smallest absolute Gasteiger partial charge is 0.262 e. The van der Waals surface area contributed by atoms with Crippen LogP contribution in [-0.2, 0) is 14.4 Å². The lowest BCUT2D eigenvalue weighted by atomic mass is 10.1. The molecule has 26 heavy (non-hydrogen) atoms. The molecule has 1 aromatic carbocycles. The molecule has 1 aromatic rings. The molecule has 9 heteroatoms. The zero-order chi connectivity index (χ0) is 19.3. The molecule has 140 valence electrons. The molecule has 0 fully saturated rings. The average Bonchev–Trinajstić information content (AvgIpc) is 2.89. The summed E-state index contributed by atoms with van der Waals surface area (Å²) in [6.07, 6.45) is 0.319. The predicted molar refractivity (Wildman–Crippen MR) is 102 cm³/mol. The maximum Gasteiger partial charge on any atom is 0.262 e. The van der Waals surface area contributed by atoms with Crippen molar-refractivity contribution >= 4 is 46.1 Å². The summed E-state index contributed by atoms with van der Waals surface area (Å²) in [4.78, 5) is 43.5. The van der Waals surface area contributed by atoms with Crippen molar-refractivity contribution in [2.75, 3.05) is 20.8 Å². The number of nitrogens with zero attached hydrogens (tertiary/aromatic N) is 2. The fourth-order valence-electron chi connectivity index (χ4n) is 2.48. The minimum atomic E-state index is -0.643. The molecule has 0 spiro atoms. The second-order valence-corrected chi connectivity index (χ2v) is 7.17. The van der Waals surface area contributed by atoms with Gasteiger partial charge in [-0.25, -0.2) is 5.06 Å². The van der Waals surface area contributed by atoms with Crippen LogP contribution in [0.5, 0.6) is 0 Å². The van der Waals surface area contributed by atoms with Crippen molar-refractivity contribution in [3.63, 3.8) is 0 Å². The zero-order valence-electron chi connectivity index (χ0n) is 14.8. The first-order chi connectivity index (χ1) is 12.4. The lowest BCUT2D eigenvalue weighted by Gasteiger charge is -2.26. The van der Waals surface area contributed by atoms with Crippen molar-refractivity contribution in [2.45, 2.75) is 25.1 Å². The number of amides is 3. The number of benzene rings is 1. The fourth-order valence-corrected chi connectivity index (χ4v) is 3.87. The Labute approximate surface area is 161 Å². The van der Waals surface area contributed by atoms with Gasteiger partial charge in [0.25, 0.3) is 11.8 Å². The van der Waals surface area contributed by atoms with Crippen LogP contribution in [0, 0.1) is 0 Å². The van der Waals surface area contributed by atoms with Crippen molar-refractivity contribution < 1.29 is 24.0 Å². The van der Waals surface area contributed by atoms with Crippen LogP contribution >= 0.6 is 24.0 Å². The van der Waals surface area contributed by atoms with Gasteiger partial charge in [-0.15, -0.1) is 0 Å². The Hall–Kier alpha value is -1.97. The second kappa shape index (κ2) is 9.11. The van der Waals surface area contributed by atoms with Crippen LogP contribution < -0.4 is 0 Å². The molecule has 1 unspecified atom stereocenters. The molecule has 0 bridgehead atoms. The minimum absolute atomic E-state index is 0.0875. The van der Waals surface area contributed by atoms with E-state index in [0.29, 0.717) is 17.7 Å². The van der Waals surface area contributed by atoms with Crippen molar-refractivity contribution in [2.24, 2.45) is 0 Å². The summed E-state index contributed by atoms with van der Waals surface area (Å²) in [5, 5.41) is 0.459. The molecule has 0 aliphatic carbocycles. The molecule has 7 nitrogen and oxygen atoms in total. The van der Waals surface area contributed by atoms with Crippen LogP contribution in [0.25, 0.3) is 0 Å². The van der Waals surface area contributed by atoms with E-state index < -0.39 is 17.2 Å². The third-order valence-electron chi connectivity index (χ3n) is 3.84. The zero-order valence-corrected chi connectivity index (χ0v) is 16.4. The molecule has 3 amide bonds. The first kappa shape index (κ1) is 20.3. The van der Waals surface area contributed by atoms with Gasteiger partial charge in [-0.1, -0.05) is 23.9 Å². The van der Waals surface area contributed by atoms with Gasteiger partial charge in [-0.05, 0) is 37.7 Å². The molecule has 0 radical (unpaired) electrons. The van der Waals surface area contributed by atoms with Crippen LogP contribution in [0.3, 0.4) is 0 Å². The van der Waals surface area contributed by atoms with E-state index in [1.165, 1.54) is 14.2 Å². The highest BCUT2D eigenvalue weighted by Gasteiger charge is 2.40. The van der Waals surface area contributed by atoms with Crippen LogP contribution in [0.15, 0.2) is 24.3 Å². The Balaban J connectivity index is 2.21. The average molecular weight is 396 g/mol. The Kier molecular flexibility index (Phi) is 7.13. The van der Waals surface area contributed by atoms with E-state index in [-0.39, 0.29) is 23.1 Å². The van der Waals surface area contributed by atoms with E-state index >= 15 is 0 Å². The Morgan fingerprint density at radius 3 is 2.35 bits per heavy atom. The van der Waals surface area contributed by atoms with Gasteiger partial charge in [-0.3, -0.25) is 24.1 Å². The third-order valence-corrected chi connectivity index (χ3v) is 5.27. The molecule has 1 aliphatic rings. The number of hydrogen-bond acceptors (Lipinski definition) is 7. The molecular weight excluding hydrogens is 376 g/mol. The number of imide groups is 1. The number of ether oxygens (including phenoxy) is 1. The highest BCUT2D eigenvalue weighted by atomic mass is 32.2. The summed E-state index contributed by atoms with van der Waals surface area (Å²) in [7, 11) is 2.88. The number of hydroxylamine groups is 2. The summed E-state index contributed by atoms with van der Waals surface area (Å²) in [5.74, 6) is -1.05. The molecular formula is C17H20N2O5S2. The summed E-state index contributed by atoms with van der Waals surface area (Å²) in [5.41, 5.74) is 0.705. The van der Waals surface area contributed by atoms with Gasteiger partial charge >= 0.3 is 0 Å². The Bertz CT molecular complexity index is 690. The number of thiocarbonyl (C=S) groups is 1. The summed E-state index contributed by atoms with van der Waals surface area (Å²) in [6.45, 7) is 2.17. The highest BCUT2D eigenvalue weighted by Crippen LogP contribution is 2.32. The Morgan fingerprint density at radius 1 is 1.27 bits per heavy atom. The van der Waals surface area contributed by atoms with E-state index in [1.807, 2.05) is 0 Å². The monoisotopic (exact) mass is 396 g/mol. The van der Waals surface area contributed by atoms with Crippen LogP contribution in [-0.4, -0.2) is 58.2 Å². The first-order valence-electron chi connectivity index (χ1n) is 8.01. The Morgan fingerprint density at radius 2 is 1.85 bits per heavy atom. The molecule has 2 rings (SSSR count). The van der Waals surface area contributed by atoms with E-state index in [4.69, 9.17) is 21.8 Å². The van der Waals surface area contributed by atoms with Crippen LogP contribution in [0.2, 0.25) is 0 Å². The van der Waals surface area contributed by atoms with Gasteiger partial charge in [0.2, 0.25) is 10.3 Å². The van der Waals surface area contributed by atoms with Crippen molar-refractivity contribution in [1.29, 1.82) is 0 Å². The second-order valence-electron chi connectivity index (χ2n) is 5.39. The molecule has 1 heterocycles. The lowest BCUT2D eigenvalue weighted by Crippen LogP contribution is -2.39. The molecule has 0 aromatic heterocycles. The van der Waals surface area contributed by atoms with Gasteiger partial charge in [0, 0.05) is 13.5 Å². The normalized spacial score (nSPS) is 14.2. The SMILES string of the molecule is CCOC(=S)SC(CCC(=O)N(C)OC)N1C(=O)c2ccccc2C1=O. The number of carbonyl (C=O) groups excluding carboxylic acids is 3. The van der Waals surface area contributed by atoms with Crippen LogP contribution in [0.1, 0.15) is 40.5 Å². The van der Waals surface area contributed by atoms with Gasteiger partial charge in [0.05, 0.1) is 30.2 Å². The minimum Gasteiger partial charge on any atom is -0.479 e. The maximum atomic E-state index is 12.7. The lowest BCUT2D eigenvalue weighted by molar-refractivity contribution is -0.168. The number of rotatable bonds is 7. The van der Waals surface area contributed by atoms with Crippen molar-refractivity contribution in [3.05, 3.63) is 35.4 Å². The fraction of sp³-hybridized carbons (Fsp3) is 0.412. The molecule has 1 atom stereocenters. The molecule has 0 saturated carbocycles. The van der Waals surface area contributed by atoms with Gasteiger partial charge in [0.15, 0.2) is 0 Å². The van der Waals surface area contributed by atoms with Crippen molar-refractivity contribution in [1.82, 2.24) is 9.96 Å². The third kappa shape index (κ3) is 4.40. The number of hydrogen-bond donors (Lipinski definition) is 0. The van der Waals surface area contributed by atoms with Gasteiger partial charge in [0.1, 0.15) is 0 Å². The summed E-state index contributed by atoms with van der Waals surface area (Å²) >= 11 is 6.24. The first-order valence-corrected chi connectivity index (χ1v) is 9.30. The van der Waals surface area contributed by atoms with E-state index in [9.17, 15) is 14.4 Å². The standard InChI is InChI=1S/C17H20N2O5S2/c1-4-24-17(25)26-14(10-9-13(20)18(2)23-3)19-15(21)11-7-5-6-8-12(11)16(19)22/h5-8,14H,4,9-10H2,1-3H3. The summed E-state index contributed by atoms with van der Waals surface area (Å²) < 4.78 is 5.50. The molecule has 0 saturated heterocycles. The van der Waals surface area contributed by atoms with Gasteiger partial charge < -0.3 is 4.74 Å². The molecule has 0 N–H and O–H groups in total. The topological polar surface area (TPSA) is 76.2 Å². The highest BCUT2D eigenvalue weighted by molar-refractivity contribution is 8.23. The summed E-state index contributed by atoms with van der Waals surface area (Å²) in [6, 6.07) is 6.64. The quantitative estimate of drug-likeness (QED) is 0.398.